The summed E-state index contributed by atoms with van der Waals surface area (Å²) in [5.74, 6) is -1.87. The Hall–Kier alpha value is -2.29. The Balaban J connectivity index is 2.11. The monoisotopic (exact) mass is 382 g/mol. The summed E-state index contributed by atoms with van der Waals surface area (Å²) >= 11 is 5.95. The maximum absolute atomic E-state index is 13.7. The lowest BCUT2D eigenvalue weighted by molar-refractivity contribution is 0.0274. The molecule has 3 rings (SSSR count). The van der Waals surface area contributed by atoms with Crippen LogP contribution in [0.3, 0.4) is 0 Å². The van der Waals surface area contributed by atoms with Gasteiger partial charge in [0, 0.05) is 12.5 Å². The third-order valence-electron chi connectivity index (χ3n) is 3.62. The van der Waals surface area contributed by atoms with Gasteiger partial charge in [0.15, 0.2) is 17.3 Å². The minimum atomic E-state index is -1.13. The van der Waals surface area contributed by atoms with E-state index in [1.54, 1.807) is 26.0 Å². The Morgan fingerprint density at radius 2 is 1.92 bits per heavy atom. The number of fused-ring (bicyclic) bond motifs is 1. The molecule has 2 heterocycles. The second-order valence-electron chi connectivity index (χ2n) is 6.52. The van der Waals surface area contributed by atoms with E-state index >= 15 is 0 Å². The average Bonchev–Trinajstić information content (AvgIpc) is 2.85. The fourth-order valence-corrected chi connectivity index (χ4v) is 2.72. The molecule has 0 saturated heterocycles. The van der Waals surface area contributed by atoms with Gasteiger partial charge in [0.2, 0.25) is 5.95 Å². The molecular weight excluding hydrogens is 366 g/mol. The number of hydrogen-bond acceptors (Lipinski definition) is 5. The summed E-state index contributed by atoms with van der Waals surface area (Å²) in [5.41, 5.74) is -0.120. The fourth-order valence-electron chi connectivity index (χ4n) is 2.57. The molecule has 6 nitrogen and oxygen atoms in total. The van der Waals surface area contributed by atoms with Gasteiger partial charge < -0.3 is 15.5 Å². The Morgan fingerprint density at radius 3 is 2.58 bits per heavy atom. The van der Waals surface area contributed by atoms with Crippen LogP contribution >= 0.6 is 11.6 Å². The van der Waals surface area contributed by atoms with Crippen LogP contribution in [-0.2, 0) is 0 Å². The van der Waals surface area contributed by atoms with Crippen molar-refractivity contribution in [3.05, 3.63) is 47.1 Å². The van der Waals surface area contributed by atoms with Crippen molar-refractivity contribution in [1.29, 1.82) is 0 Å². The van der Waals surface area contributed by atoms with E-state index in [0.717, 1.165) is 12.1 Å². The SMILES string of the molecule is CC(C)(O)CC(O)Nc1nc2ccc(Cl)nc2n1-c1ccc(F)c(F)c1. The van der Waals surface area contributed by atoms with Gasteiger partial charge in [-0.2, -0.15) is 0 Å². The number of anilines is 1. The summed E-state index contributed by atoms with van der Waals surface area (Å²) < 4.78 is 28.4. The Morgan fingerprint density at radius 1 is 1.19 bits per heavy atom. The quantitative estimate of drug-likeness (QED) is 0.466. The summed E-state index contributed by atoms with van der Waals surface area (Å²) in [6.07, 6.45) is -1.12. The van der Waals surface area contributed by atoms with Crippen LogP contribution in [0, 0.1) is 11.6 Å². The van der Waals surface area contributed by atoms with Crippen LogP contribution in [0.5, 0.6) is 0 Å². The molecule has 0 saturated carbocycles. The van der Waals surface area contributed by atoms with Crippen molar-refractivity contribution in [3.8, 4) is 5.69 Å². The molecule has 0 spiro atoms. The highest BCUT2D eigenvalue weighted by molar-refractivity contribution is 6.29. The molecule has 0 fully saturated rings. The normalized spacial score (nSPS) is 13.2. The molecule has 0 amide bonds. The minimum Gasteiger partial charge on any atom is -0.390 e. The molecule has 2 aromatic heterocycles. The molecule has 1 aromatic carbocycles. The van der Waals surface area contributed by atoms with Crippen molar-refractivity contribution in [3.63, 3.8) is 0 Å². The van der Waals surface area contributed by atoms with Gasteiger partial charge in [-0.3, -0.25) is 4.57 Å². The molecule has 0 radical (unpaired) electrons. The van der Waals surface area contributed by atoms with Gasteiger partial charge in [-0.25, -0.2) is 18.7 Å². The molecule has 9 heteroatoms. The molecule has 1 atom stereocenters. The van der Waals surface area contributed by atoms with E-state index in [9.17, 15) is 19.0 Å². The first kappa shape index (κ1) is 18.5. The van der Waals surface area contributed by atoms with Crippen LogP contribution in [0.1, 0.15) is 20.3 Å². The van der Waals surface area contributed by atoms with Gasteiger partial charge in [-0.05, 0) is 38.1 Å². The number of imidazole rings is 1. The number of aliphatic hydroxyl groups is 2. The lowest BCUT2D eigenvalue weighted by Gasteiger charge is -2.22. The number of pyridine rings is 1. The van der Waals surface area contributed by atoms with E-state index < -0.39 is 23.5 Å². The molecule has 138 valence electrons. The zero-order valence-electron chi connectivity index (χ0n) is 14.0. The third kappa shape index (κ3) is 3.92. The number of aromatic nitrogens is 3. The van der Waals surface area contributed by atoms with Crippen LogP contribution in [-0.4, -0.2) is 36.6 Å². The Kier molecular flexibility index (Phi) is 4.83. The van der Waals surface area contributed by atoms with E-state index in [-0.39, 0.29) is 23.2 Å². The number of benzene rings is 1. The van der Waals surface area contributed by atoms with E-state index in [1.165, 1.54) is 10.6 Å². The number of nitrogens with one attached hydrogen (secondary N) is 1. The van der Waals surface area contributed by atoms with Gasteiger partial charge in [-0.15, -0.1) is 0 Å². The topological polar surface area (TPSA) is 83.2 Å². The Bertz CT molecular complexity index is 956. The lowest BCUT2D eigenvalue weighted by atomic mass is 10.1. The second-order valence-corrected chi connectivity index (χ2v) is 6.91. The predicted molar refractivity (Wildman–Crippen MR) is 94.3 cm³/mol. The van der Waals surface area contributed by atoms with Crippen molar-refractivity contribution >= 4 is 28.7 Å². The molecule has 3 N–H and O–H groups in total. The maximum Gasteiger partial charge on any atom is 0.211 e. The highest BCUT2D eigenvalue weighted by Crippen LogP contribution is 2.26. The van der Waals surface area contributed by atoms with E-state index in [4.69, 9.17) is 11.6 Å². The summed E-state index contributed by atoms with van der Waals surface area (Å²) in [4.78, 5) is 8.51. The van der Waals surface area contributed by atoms with Crippen molar-refractivity contribution in [2.45, 2.75) is 32.1 Å². The molecule has 0 aliphatic carbocycles. The molecular formula is C17H17ClF2N4O2. The van der Waals surface area contributed by atoms with Crippen molar-refractivity contribution in [2.24, 2.45) is 0 Å². The fraction of sp³-hybridized carbons (Fsp3) is 0.294. The number of hydrogen-bond donors (Lipinski definition) is 3. The van der Waals surface area contributed by atoms with E-state index in [1.807, 2.05) is 0 Å². The predicted octanol–water partition coefficient (Wildman–Crippen LogP) is 3.24. The molecule has 0 aliphatic heterocycles. The zero-order chi connectivity index (χ0) is 19.1. The number of nitrogens with zero attached hydrogens (tertiary/aromatic N) is 3. The molecule has 0 bridgehead atoms. The third-order valence-corrected chi connectivity index (χ3v) is 3.83. The summed E-state index contributed by atoms with van der Waals surface area (Å²) in [6, 6.07) is 6.50. The van der Waals surface area contributed by atoms with Gasteiger partial charge in [0.05, 0.1) is 11.3 Å². The largest absolute Gasteiger partial charge is 0.390 e. The molecule has 26 heavy (non-hydrogen) atoms. The smallest absolute Gasteiger partial charge is 0.211 e. The molecule has 1 unspecified atom stereocenters. The lowest BCUT2D eigenvalue weighted by Crippen LogP contribution is -2.31. The highest BCUT2D eigenvalue weighted by atomic mass is 35.5. The first-order chi connectivity index (χ1) is 12.1. The zero-order valence-corrected chi connectivity index (χ0v) is 14.8. The first-order valence-electron chi connectivity index (χ1n) is 7.81. The van der Waals surface area contributed by atoms with Gasteiger partial charge >= 0.3 is 0 Å². The summed E-state index contributed by atoms with van der Waals surface area (Å²) in [6.45, 7) is 3.11. The van der Waals surface area contributed by atoms with Crippen LogP contribution in [0.15, 0.2) is 30.3 Å². The minimum absolute atomic E-state index is 0.0160. The average molecular weight is 383 g/mol. The van der Waals surface area contributed by atoms with Crippen LogP contribution < -0.4 is 5.32 Å². The van der Waals surface area contributed by atoms with E-state index in [2.05, 4.69) is 15.3 Å². The maximum atomic E-state index is 13.7. The number of rotatable bonds is 5. The molecule has 3 aromatic rings. The Labute approximate surface area is 153 Å². The van der Waals surface area contributed by atoms with Gasteiger partial charge in [0.1, 0.15) is 16.9 Å². The van der Waals surface area contributed by atoms with Crippen molar-refractivity contribution < 1.29 is 19.0 Å². The first-order valence-corrected chi connectivity index (χ1v) is 8.19. The second kappa shape index (κ2) is 6.79. The van der Waals surface area contributed by atoms with Crippen molar-refractivity contribution in [1.82, 2.24) is 14.5 Å². The highest BCUT2D eigenvalue weighted by Gasteiger charge is 2.22. The number of halogens is 3. The standard InChI is InChI=1S/C17H17ClF2N4O2/c1-17(2,26)8-14(25)23-16-21-12-5-6-13(18)22-15(12)24(16)9-3-4-10(19)11(20)7-9/h3-7,14,25-26H,8H2,1-2H3,(H,21,23). The van der Waals surface area contributed by atoms with Gasteiger partial charge in [-0.1, -0.05) is 11.6 Å². The summed E-state index contributed by atoms with van der Waals surface area (Å²) in [5, 5.41) is 23.0. The summed E-state index contributed by atoms with van der Waals surface area (Å²) in [7, 11) is 0. The van der Waals surface area contributed by atoms with Crippen LogP contribution in [0.2, 0.25) is 5.15 Å². The number of aliphatic hydroxyl groups excluding tert-OH is 1. The van der Waals surface area contributed by atoms with Crippen LogP contribution in [0.4, 0.5) is 14.7 Å². The van der Waals surface area contributed by atoms with Gasteiger partial charge in [0.25, 0.3) is 0 Å². The van der Waals surface area contributed by atoms with Crippen LogP contribution in [0.25, 0.3) is 16.9 Å². The van der Waals surface area contributed by atoms with Crippen molar-refractivity contribution in [2.75, 3.05) is 5.32 Å². The molecule has 0 aliphatic rings. The van der Waals surface area contributed by atoms with E-state index in [0.29, 0.717) is 11.2 Å².